The highest BCUT2D eigenvalue weighted by atomic mass is 35.5. The minimum absolute atomic E-state index is 0.746. The normalized spacial score (nSPS) is 10.9. The summed E-state index contributed by atoms with van der Waals surface area (Å²) in [4.78, 5) is 0. The Bertz CT molecular complexity index is 528. The zero-order chi connectivity index (χ0) is 15.1. The van der Waals surface area contributed by atoms with Crippen molar-refractivity contribution >= 4 is 17.3 Å². The Kier molecular flexibility index (Phi) is 6.13. The van der Waals surface area contributed by atoms with Crippen LogP contribution in [0, 0.1) is 5.92 Å². The van der Waals surface area contributed by atoms with Gasteiger partial charge in [-0.25, -0.2) is 0 Å². The third kappa shape index (κ3) is 5.81. The van der Waals surface area contributed by atoms with Gasteiger partial charge in [0.1, 0.15) is 0 Å². The number of aryl methyl sites for hydroxylation is 2. The number of benzene rings is 2. The highest BCUT2D eigenvalue weighted by molar-refractivity contribution is 6.30. The van der Waals surface area contributed by atoms with Crippen LogP contribution < -0.4 is 5.32 Å². The molecule has 0 radical (unpaired) electrons. The molecule has 2 heteroatoms. The van der Waals surface area contributed by atoms with Crippen molar-refractivity contribution in [1.82, 2.24) is 0 Å². The maximum absolute atomic E-state index is 5.90. The minimum Gasteiger partial charge on any atom is -0.385 e. The summed E-state index contributed by atoms with van der Waals surface area (Å²) in [5.41, 5.74) is 3.92. The quantitative estimate of drug-likeness (QED) is 0.703. The molecule has 0 heterocycles. The number of nitrogens with one attached hydrogen (secondary N) is 1. The highest BCUT2D eigenvalue weighted by Crippen LogP contribution is 2.14. The standard InChI is InChI=1S/C19H24ClN/c1-15(2)13-14-21-19-11-7-17(8-12-19)4-3-16-5-9-18(20)10-6-16/h5-12,15,21H,3-4,13-14H2,1-2H3. The van der Waals surface area contributed by atoms with Crippen LogP contribution in [0.2, 0.25) is 5.02 Å². The largest absolute Gasteiger partial charge is 0.385 e. The lowest BCUT2D eigenvalue weighted by molar-refractivity contribution is 0.607. The maximum atomic E-state index is 5.90. The van der Waals surface area contributed by atoms with Gasteiger partial charge in [-0.3, -0.25) is 0 Å². The number of rotatable bonds is 7. The summed E-state index contributed by atoms with van der Waals surface area (Å²) in [6.07, 6.45) is 3.32. The molecule has 112 valence electrons. The van der Waals surface area contributed by atoms with Crippen LogP contribution in [-0.4, -0.2) is 6.54 Å². The first kappa shape index (κ1) is 15.9. The molecule has 0 bridgehead atoms. The molecule has 0 fully saturated rings. The first-order valence-corrected chi connectivity index (χ1v) is 8.08. The zero-order valence-electron chi connectivity index (χ0n) is 12.9. The monoisotopic (exact) mass is 301 g/mol. The number of hydrogen-bond acceptors (Lipinski definition) is 1. The second-order valence-corrected chi connectivity index (χ2v) is 6.37. The summed E-state index contributed by atoms with van der Waals surface area (Å²) < 4.78 is 0. The maximum Gasteiger partial charge on any atom is 0.0406 e. The molecule has 0 saturated carbocycles. The predicted molar refractivity (Wildman–Crippen MR) is 93.2 cm³/mol. The van der Waals surface area contributed by atoms with E-state index in [1.54, 1.807) is 0 Å². The van der Waals surface area contributed by atoms with Gasteiger partial charge in [-0.05, 0) is 60.6 Å². The summed E-state index contributed by atoms with van der Waals surface area (Å²) in [7, 11) is 0. The molecule has 1 N–H and O–H groups in total. The van der Waals surface area contributed by atoms with E-state index < -0.39 is 0 Å². The van der Waals surface area contributed by atoms with E-state index in [-0.39, 0.29) is 0 Å². The lowest BCUT2D eigenvalue weighted by atomic mass is 10.0. The third-order valence-electron chi connectivity index (χ3n) is 3.62. The van der Waals surface area contributed by atoms with Crippen molar-refractivity contribution in [3.05, 3.63) is 64.7 Å². The second kappa shape index (κ2) is 8.09. The molecule has 0 amide bonds. The zero-order valence-corrected chi connectivity index (χ0v) is 13.7. The molecule has 2 aromatic carbocycles. The molecule has 0 aliphatic heterocycles. The van der Waals surface area contributed by atoms with Crippen LogP contribution in [0.3, 0.4) is 0 Å². The molecule has 0 atom stereocenters. The van der Waals surface area contributed by atoms with Gasteiger partial charge < -0.3 is 5.32 Å². The SMILES string of the molecule is CC(C)CCNc1ccc(CCc2ccc(Cl)cc2)cc1. The van der Waals surface area contributed by atoms with Crippen LogP contribution in [0.25, 0.3) is 0 Å². The van der Waals surface area contributed by atoms with E-state index in [9.17, 15) is 0 Å². The minimum atomic E-state index is 0.746. The van der Waals surface area contributed by atoms with Gasteiger partial charge in [-0.15, -0.1) is 0 Å². The molecule has 1 nitrogen and oxygen atoms in total. The summed E-state index contributed by atoms with van der Waals surface area (Å²) >= 11 is 5.90. The first-order chi connectivity index (χ1) is 10.1. The summed E-state index contributed by atoms with van der Waals surface area (Å²) in [6.45, 7) is 5.55. The van der Waals surface area contributed by atoms with E-state index in [0.717, 1.165) is 30.3 Å². The van der Waals surface area contributed by atoms with E-state index in [1.165, 1.54) is 23.2 Å². The van der Waals surface area contributed by atoms with Gasteiger partial charge >= 0.3 is 0 Å². The van der Waals surface area contributed by atoms with E-state index in [0.29, 0.717) is 0 Å². The Morgan fingerprint density at radius 3 is 1.90 bits per heavy atom. The lowest BCUT2D eigenvalue weighted by Crippen LogP contribution is -2.04. The Morgan fingerprint density at radius 2 is 1.38 bits per heavy atom. The van der Waals surface area contributed by atoms with Gasteiger partial charge in [-0.1, -0.05) is 49.7 Å². The topological polar surface area (TPSA) is 12.0 Å². The molecule has 2 rings (SSSR count). The van der Waals surface area contributed by atoms with Gasteiger partial charge in [0.15, 0.2) is 0 Å². The smallest absolute Gasteiger partial charge is 0.0406 e. The molecule has 0 aliphatic carbocycles. The van der Waals surface area contributed by atoms with Crippen molar-refractivity contribution < 1.29 is 0 Å². The van der Waals surface area contributed by atoms with Crippen LogP contribution >= 0.6 is 11.6 Å². The van der Waals surface area contributed by atoms with E-state index in [1.807, 2.05) is 12.1 Å². The highest BCUT2D eigenvalue weighted by Gasteiger charge is 1.98. The van der Waals surface area contributed by atoms with Crippen molar-refractivity contribution in [1.29, 1.82) is 0 Å². The van der Waals surface area contributed by atoms with Gasteiger partial charge in [0.2, 0.25) is 0 Å². The van der Waals surface area contributed by atoms with E-state index >= 15 is 0 Å². The molecule has 21 heavy (non-hydrogen) atoms. The molecule has 0 unspecified atom stereocenters. The lowest BCUT2D eigenvalue weighted by Gasteiger charge is -2.09. The molecule has 2 aromatic rings. The molecule has 0 aromatic heterocycles. The van der Waals surface area contributed by atoms with Crippen LogP contribution in [0.1, 0.15) is 31.4 Å². The fourth-order valence-electron chi connectivity index (χ4n) is 2.23. The number of halogens is 1. The molecular formula is C19H24ClN. The van der Waals surface area contributed by atoms with E-state index in [2.05, 4.69) is 55.6 Å². The van der Waals surface area contributed by atoms with Gasteiger partial charge in [0, 0.05) is 17.3 Å². The van der Waals surface area contributed by atoms with Crippen LogP contribution in [0.15, 0.2) is 48.5 Å². The van der Waals surface area contributed by atoms with Crippen molar-refractivity contribution in [3.8, 4) is 0 Å². The average molecular weight is 302 g/mol. The fraction of sp³-hybridized carbons (Fsp3) is 0.368. The van der Waals surface area contributed by atoms with Gasteiger partial charge in [0.25, 0.3) is 0 Å². The second-order valence-electron chi connectivity index (χ2n) is 5.93. The first-order valence-electron chi connectivity index (χ1n) is 7.71. The van der Waals surface area contributed by atoms with E-state index in [4.69, 9.17) is 11.6 Å². The molecule has 0 aliphatic rings. The third-order valence-corrected chi connectivity index (χ3v) is 3.87. The van der Waals surface area contributed by atoms with Crippen molar-refractivity contribution in [2.24, 2.45) is 5.92 Å². The number of hydrogen-bond donors (Lipinski definition) is 1. The Labute approximate surface area is 133 Å². The van der Waals surface area contributed by atoms with Crippen LogP contribution in [0.4, 0.5) is 5.69 Å². The van der Waals surface area contributed by atoms with Gasteiger partial charge in [-0.2, -0.15) is 0 Å². The Hall–Kier alpha value is -1.47. The van der Waals surface area contributed by atoms with Crippen molar-refractivity contribution in [3.63, 3.8) is 0 Å². The fourth-order valence-corrected chi connectivity index (χ4v) is 2.36. The van der Waals surface area contributed by atoms with Crippen LogP contribution in [-0.2, 0) is 12.8 Å². The Balaban J connectivity index is 1.80. The van der Waals surface area contributed by atoms with Gasteiger partial charge in [0.05, 0.1) is 0 Å². The average Bonchev–Trinajstić information content (AvgIpc) is 2.48. The molecule has 0 spiro atoms. The van der Waals surface area contributed by atoms with Crippen molar-refractivity contribution in [2.45, 2.75) is 33.1 Å². The predicted octanol–water partition coefficient (Wildman–Crippen LogP) is 5.58. The summed E-state index contributed by atoms with van der Waals surface area (Å²) in [6, 6.07) is 16.9. The summed E-state index contributed by atoms with van der Waals surface area (Å²) in [5.74, 6) is 0.746. The van der Waals surface area contributed by atoms with Crippen LogP contribution in [0.5, 0.6) is 0 Å². The number of anilines is 1. The Morgan fingerprint density at radius 1 is 0.857 bits per heavy atom. The summed E-state index contributed by atoms with van der Waals surface area (Å²) in [5, 5.41) is 4.27. The van der Waals surface area contributed by atoms with Crippen molar-refractivity contribution in [2.75, 3.05) is 11.9 Å². The molecular weight excluding hydrogens is 278 g/mol. The molecule has 0 saturated heterocycles.